The molecule has 0 aromatic heterocycles. The van der Waals surface area contributed by atoms with Gasteiger partial charge in [0.1, 0.15) is 0 Å². The Labute approximate surface area is 67.7 Å². The minimum absolute atomic E-state index is 1.02. The molecule has 1 fully saturated rings. The lowest BCUT2D eigenvalue weighted by Gasteiger charge is -2.31. The molecule has 3 nitrogen and oxygen atoms in total. The van der Waals surface area contributed by atoms with E-state index in [0.717, 1.165) is 6.54 Å². The predicted octanol–water partition coefficient (Wildman–Crippen LogP) is 0.731. The third-order valence-electron chi connectivity index (χ3n) is 2.34. The van der Waals surface area contributed by atoms with Gasteiger partial charge < -0.3 is 0 Å². The summed E-state index contributed by atoms with van der Waals surface area (Å²) in [6.45, 7) is 4.64. The lowest BCUT2D eigenvalue weighted by atomic mass is 10.4. The number of hydrogen-bond donors (Lipinski definition) is 0. The fraction of sp³-hybridized carbons (Fsp3) is 0.875. The molecule has 0 radical (unpaired) electrons. The summed E-state index contributed by atoms with van der Waals surface area (Å²) < 4.78 is 0. The maximum atomic E-state index is 4.26. The van der Waals surface area contributed by atoms with Crippen LogP contribution in [0.15, 0.2) is 4.99 Å². The molecule has 2 heterocycles. The summed E-state index contributed by atoms with van der Waals surface area (Å²) in [5, 5.41) is 4.68. The summed E-state index contributed by atoms with van der Waals surface area (Å²) in [7, 11) is 0. The van der Waals surface area contributed by atoms with Crippen LogP contribution in [0.2, 0.25) is 0 Å². The minimum atomic E-state index is 1.02. The molecule has 2 rings (SSSR count). The van der Waals surface area contributed by atoms with Gasteiger partial charge in [0, 0.05) is 26.2 Å². The van der Waals surface area contributed by atoms with Gasteiger partial charge in [0.2, 0.25) is 0 Å². The first-order valence-electron chi connectivity index (χ1n) is 4.48. The molecular formula is C8H15N3. The van der Waals surface area contributed by atoms with Gasteiger partial charge in [0.15, 0.2) is 0 Å². The van der Waals surface area contributed by atoms with Gasteiger partial charge >= 0.3 is 0 Å². The molecule has 0 bridgehead atoms. The lowest BCUT2D eigenvalue weighted by molar-refractivity contribution is 0.0748. The highest BCUT2D eigenvalue weighted by Gasteiger charge is 2.17. The average Bonchev–Trinajstić information content (AvgIpc) is 2.58. The maximum absolute atomic E-state index is 4.26. The Hall–Kier alpha value is -0.570. The van der Waals surface area contributed by atoms with Gasteiger partial charge in [-0.15, -0.1) is 0 Å². The highest BCUT2D eigenvalue weighted by Crippen LogP contribution is 2.11. The molecule has 0 aromatic carbocycles. The van der Waals surface area contributed by atoms with Gasteiger partial charge in [-0.05, 0) is 19.3 Å². The molecule has 3 heteroatoms. The Bertz CT molecular complexity index is 149. The Morgan fingerprint density at radius 3 is 2.45 bits per heavy atom. The van der Waals surface area contributed by atoms with E-state index in [2.05, 4.69) is 15.0 Å². The van der Waals surface area contributed by atoms with Crippen molar-refractivity contribution in [3.05, 3.63) is 0 Å². The number of nitrogens with zero attached hydrogens (tertiary/aromatic N) is 3. The third-order valence-corrected chi connectivity index (χ3v) is 2.34. The number of hydrazine groups is 1. The summed E-state index contributed by atoms with van der Waals surface area (Å²) in [5.74, 6) is 0. The van der Waals surface area contributed by atoms with Crippen LogP contribution >= 0.6 is 0 Å². The molecule has 1 saturated heterocycles. The van der Waals surface area contributed by atoms with Gasteiger partial charge in [0.25, 0.3) is 0 Å². The van der Waals surface area contributed by atoms with E-state index in [1.54, 1.807) is 0 Å². The molecule has 62 valence electrons. The van der Waals surface area contributed by atoms with Gasteiger partial charge in [-0.2, -0.15) is 0 Å². The fourth-order valence-corrected chi connectivity index (χ4v) is 1.71. The monoisotopic (exact) mass is 153 g/mol. The largest absolute Gasteiger partial charge is 0.296 e. The van der Waals surface area contributed by atoms with Crippen LogP contribution in [-0.2, 0) is 0 Å². The van der Waals surface area contributed by atoms with Crippen molar-refractivity contribution in [2.24, 2.45) is 4.99 Å². The van der Waals surface area contributed by atoms with E-state index in [-0.39, 0.29) is 0 Å². The van der Waals surface area contributed by atoms with Crippen LogP contribution in [-0.4, -0.2) is 42.5 Å². The SMILES string of the molecule is C1=NCCCN1N1CCCC1. The fourth-order valence-electron chi connectivity index (χ4n) is 1.71. The highest BCUT2D eigenvalue weighted by molar-refractivity contribution is 5.54. The summed E-state index contributed by atoms with van der Waals surface area (Å²) in [4.78, 5) is 4.26. The van der Waals surface area contributed by atoms with Crippen LogP contribution in [0.25, 0.3) is 0 Å². The summed E-state index contributed by atoms with van der Waals surface area (Å²) in [6.07, 6.45) is 5.91. The van der Waals surface area contributed by atoms with Crippen LogP contribution in [0.3, 0.4) is 0 Å². The summed E-state index contributed by atoms with van der Waals surface area (Å²) in [5.41, 5.74) is 0. The van der Waals surface area contributed by atoms with E-state index >= 15 is 0 Å². The quantitative estimate of drug-likeness (QED) is 0.553. The topological polar surface area (TPSA) is 18.8 Å². The number of hydrogen-bond acceptors (Lipinski definition) is 3. The molecule has 0 aromatic rings. The van der Waals surface area contributed by atoms with E-state index in [0.29, 0.717) is 0 Å². The van der Waals surface area contributed by atoms with Crippen molar-refractivity contribution in [2.45, 2.75) is 19.3 Å². The summed E-state index contributed by atoms with van der Waals surface area (Å²) >= 11 is 0. The zero-order valence-corrected chi connectivity index (χ0v) is 6.87. The first-order chi connectivity index (χ1) is 5.47. The zero-order chi connectivity index (χ0) is 7.52. The van der Waals surface area contributed by atoms with Crippen LogP contribution in [0.4, 0.5) is 0 Å². The number of aliphatic imine (C=N–C) groups is 1. The first kappa shape index (κ1) is 7.10. The van der Waals surface area contributed by atoms with Crippen molar-refractivity contribution in [2.75, 3.05) is 26.2 Å². The summed E-state index contributed by atoms with van der Waals surface area (Å²) in [6, 6.07) is 0. The van der Waals surface area contributed by atoms with E-state index in [1.807, 2.05) is 6.34 Å². The minimum Gasteiger partial charge on any atom is -0.296 e. The first-order valence-corrected chi connectivity index (χ1v) is 4.48. The normalized spacial score (nSPS) is 26.4. The second-order valence-electron chi connectivity index (χ2n) is 3.20. The van der Waals surface area contributed by atoms with E-state index < -0.39 is 0 Å². The van der Waals surface area contributed by atoms with Crippen molar-refractivity contribution in [1.29, 1.82) is 0 Å². The molecule has 0 unspecified atom stereocenters. The van der Waals surface area contributed by atoms with Crippen LogP contribution in [0.1, 0.15) is 19.3 Å². The molecule has 0 N–H and O–H groups in total. The van der Waals surface area contributed by atoms with Crippen molar-refractivity contribution in [1.82, 2.24) is 10.0 Å². The van der Waals surface area contributed by atoms with Gasteiger partial charge in [-0.25, -0.2) is 5.01 Å². The van der Waals surface area contributed by atoms with Crippen molar-refractivity contribution >= 4 is 6.34 Å². The Balaban J connectivity index is 1.91. The Morgan fingerprint density at radius 2 is 1.82 bits per heavy atom. The molecule has 11 heavy (non-hydrogen) atoms. The molecule has 2 aliphatic heterocycles. The molecule has 2 aliphatic rings. The second kappa shape index (κ2) is 3.22. The van der Waals surface area contributed by atoms with Crippen LogP contribution in [0, 0.1) is 0 Å². The van der Waals surface area contributed by atoms with Crippen molar-refractivity contribution in [3.8, 4) is 0 Å². The van der Waals surface area contributed by atoms with E-state index in [4.69, 9.17) is 0 Å². The molecule has 0 amide bonds. The zero-order valence-electron chi connectivity index (χ0n) is 6.87. The van der Waals surface area contributed by atoms with Gasteiger partial charge in [-0.3, -0.25) is 10.0 Å². The van der Waals surface area contributed by atoms with Crippen LogP contribution < -0.4 is 0 Å². The van der Waals surface area contributed by atoms with Crippen LogP contribution in [0.5, 0.6) is 0 Å². The standard InChI is InChI=1S/C8H15N3/c1-2-6-10(5-1)11-7-3-4-9-8-11/h8H,1-7H2. The molecule has 0 atom stereocenters. The van der Waals surface area contributed by atoms with Crippen molar-refractivity contribution in [3.63, 3.8) is 0 Å². The molecule has 0 aliphatic carbocycles. The smallest absolute Gasteiger partial charge is 0.0994 e. The highest BCUT2D eigenvalue weighted by atomic mass is 15.6. The molecule has 0 spiro atoms. The van der Waals surface area contributed by atoms with E-state index in [9.17, 15) is 0 Å². The molecular weight excluding hydrogens is 138 g/mol. The second-order valence-corrected chi connectivity index (χ2v) is 3.20. The molecule has 0 saturated carbocycles. The van der Waals surface area contributed by atoms with Gasteiger partial charge in [-0.1, -0.05) is 0 Å². The maximum Gasteiger partial charge on any atom is 0.0994 e. The van der Waals surface area contributed by atoms with E-state index in [1.165, 1.54) is 38.9 Å². The lowest BCUT2D eigenvalue weighted by Crippen LogP contribution is -2.42. The number of rotatable bonds is 1. The average molecular weight is 153 g/mol. The third kappa shape index (κ3) is 1.53. The van der Waals surface area contributed by atoms with Crippen molar-refractivity contribution < 1.29 is 0 Å². The van der Waals surface area contributed by atoms with Gasteiger partial charge in [0.05, 0.1) is 6.34 Å². The Morgan fingerprint density at radius 1 is 1.00 bits per heavy atom. The Kier molecular flexibility index (Phi) is 2.08. The predicted molar refractivity (Wildman–Crippen MR) is 45.5 cm³/mol.